The molecule has 3 nitrogen and oxygen atoms in total. The average molecular weight is 260 g/mol. The Hall–Kier alpha value is -1.89. The van der Waals surface area contributed by atoms with Gasteiger partial charge in [0.25, 0.3) is 0 Å². The monoisotopic (exact) mass is 260 g/mol. The maximum absolute atomic E-state index is 13.2. The number of nitrogens with zero attached hydrogens (tertiary/aromatic N) is 2. The molecular weight excluding hydrogens is 243 g/mol. The minimum Gasteiger partial charge on any atom is -0.340 e. The Morgan fingerprint density at radius 1 is 1.53 bits per heavy atom. The molecule has 1 aromatic rings. The predicted octanol–water partition coefficient (Wildman–Crippen LogP) is 2.79. The fourth-order valence-corrected chi connectivity index (χ4v) is 2.42. The molecule has 0 saturated heterocycles. The van der Waals surface area contributed by atoms with Gasteiger partial charge in [-0.05, 0) is 43.4 Å². The van der Waals surface area contributed by atoms with Gasteiger partial charge in [0.2, 0.25) is 5.91 Å². The van der Waals surface area contributed by atoms with Gasteiger partial charge in [-0.3, -0.25) is 4.79 Å². The summed E-state index contributed by atoms with van der Waals surface area (Å²) in [5.41, 5.74) is 0.628. The molecule has 0 aromatic heterocycles. The van der Waals surface area contributed by atoms with Gasteiger partial charge in [-0.2, -0.15) is 5.26 Å². The van der Waals surface area contributed by atoms with E-state index in [4.69, 9.17) is 5.26 Å². The van der Waals surface area contributed by atoms with Crippen molar-refractivity contribution in [3.8, 4) is 6.07 Å². The van der Waals surface area contributed by atoms with E-state index in [1.165, 1.54) is 6.07 Å². The number of carbonyl (C=O) groups excluding carboxylic acids is 1. The van der Waals surface area contributed by atoms with E-state index in [1.54, 1.807) is 31.0 Å². The molecule has 0 aliphatic heterocycles. The van der Waals surface area contributed by atoms with Crippen molar-refractivity contribution < 1.29 is 9.18 Å². The standard InChI is InChI=1S/C15H17FN2O/c1-11-8-12(4-5-13(11)16)9-18(2)14(19)15(10-17)6-3-7-15/h4-5,8H,3,6-7,9H2,1-2H3. The van der Waals surface area contributed by atoms with Crippen LogP contribution < -0.4 is 0 Å². The second kappa shape index (κ2) is 5.00. The van der Waals surface area contributed by atoms with Gasteiger partial charge in [0.15, 0.2) is 0 Å². The van der Waals surface area contributed by atoms with Gasteiger partial charge >= 0.3 is 0 Å². The number of amides is 1. The highest BCUT2D eigenvalue weighted by Crippen LogP contribution is 2.41. The Morgan fingerprint density at radius 3 is 2.68 bits per heavy atom. The van der Waals surface area contributed by atoms with Crippen LogP contribution in [-0.2, 0) is 11.3 Å². The quantitative estimate of drug-likeness (QED) is 0.838. The molecule has 0 atom stereocenters. The third kappa shape index (κ3) is 2.46. The van der Waals surface area contributed by atoms with Crippen LogP contribution in [0.25, 0.3) is 0 Å². The van der Waals surface area contributed by atoms with Crippen LogP contribution in [0.3, 0.4) is 0 Å². The molecule has 0 bridgehead atoms. The van der Waals surface area contributed by atoms with E-state index in [0.717, 1.165) is 12.0 Å². The van der Waals surface area contributed by atoms with Crippen molar-refractivity contribution in [1.82, 2.24) is 4.90 Å². The van der Waals surface area contributed by atoms with Crippen molar-refractivity contribution in [3.63, 3.8) is 0 Å². The third-order valence-electron chi connectivity index (χ3n) is 3.82. The first-order valence-electron chi connectivity index (χ1n) is 6.40. The molecule has 2 rings (SSSR count). The van der Waals surface area contributed by atoms with E-state index in [0.29, 0.717) is 24.9 Å². The summed E-state index contributed by atoms with van der Waals surface area (Å²) in [5.74, 6) is -0.367. The number of benzene rings is 1. The molecule has 0 radical (unpaired) electrons. The van der Waals surface area contributed by atoms with Gasteiger partial charge < -0.3 is 4.90 Å². The first kappa shape index (κ1) is 13.5. The van der Waals surface area contributed by atoms with Gasteiger partial charge in [0.1, 0.15) is 11.2 Å². The topological polar surface area (TPSA) is 44.1 Å². The molecule has 0 heterocycles. The summed E-state index contributed by atoms with van der Waals surface area (Å²) >= 11 is 0. The summed E-state index contributed by atoms with van der Waals surface area (Å²) in [6.45, 7) is 2.10. The molecule has 1 aliphatic rings. The first-order chi connectivity index (χ1) is 8.98. The van der Waals surface area contributed by atoms with Crippen LogP contribution in [0.2, 0.25) is 0 Å². The largest absolute Gasteiger partial charge is 0.340 e. The Balaban J connectivity index is 2.08. The first-order valence-corrected chi connectivity index (χ1v) is 6.40. The van der Waals surface area contributed by atoms with Crippen molar-refractivity contribution in [2.75, 3.05) is 7.05 Å². The summed E-state index contributed by atoms with van der Waals surface area (Å²) in [5, 5.41) is 9.16. The normalized spacial score (nSPS) is 16.3. The van der Waals surface area contributed by atoms with E-state index >= 15 is 0 Å². The Kier molecular flexibility index (Phi) is 3.57. The van der Waals surface area contributed by atoms with Gasteiger partial charge in [0, 0.05) is 13.6 Å². The van der Waals surface area contributed by atoms with Crippen molar-refractivity contribution in [2.45, 2.75) is 32.7 Å². The van der Waals surface area contributed by atoms with Crippen molar-refractivity contribution in [2.24, 2.45) is 5.41 Å². The number of aryl methyl sites for hydroxylation is 1. The summed E-state index contributed by atoms with van der Waals surface area (Å²) in [6.07, 6.45) is 2.23. The summed E-state index contributed by atoms with van der Waals surface area (Å²) in [6, 6.07) is 6.97. The highest BCUT2D eigenvalue weighted by atomic mass is 19.1. The fraction of sp³-hybridized carbons (Fsp3) is 0.467. The third-order valence-corrected chi connectivity index (χ3v) is 3.82. The lowest BCUT2D eigenvalue weighted by atomic mass is 9.69. The maximum Gasteiger partial charge on any atom is 0.243 e. The van der Waals surface area contributed by atoms with Crippen LogP contribution in [0.1, 0.15) is 30.4 Å². The van der Waals surface area contributed by atoms with Crippen molar-refractivity contribution >= 4 is 5.91 Å². The molecule has 100 valence electrons. The van der Waals surface area contributed by atoms with Crippen molar-refractivity contribution in [1.29, 1.82) is 5.26 Å². The van der Waals surface area contributed by atoms with Gasteiger partial charge in [-0.1, -0.05) is 12.1 Å². The summed E-state index contributed by atoms with van der Waals surface area (Å²) in [7, 11) is 1.69. The molecular formula is C15H17FN2O. The van der Waals surface area contributed by atoms with Gasteiger partial charge in [-0.25, -0.2) is 4.39 Å². The molecule has 0 spiro atoms. The lowest BCUT2D eigenvalue weighted by Gasteiger charge is -2.36. The molecule has 4 heteroatoms. The Labute approximate surface area is 112 Å². The zero-order chi connectivity index (χ0) is 14.0. The van der Waals surface area contributed by atoms with Crippen LogP contribution in [0.4, 0.5) is 4.39 Å². The molecule has 1 aromatic carbocycles. The maximum atomic E-state index is 13.2. The molecule has 1 fully saturated rings. The van der Waals surface area contributed by atoms with E-state index in [-0.39, 0.29) is 11.7 Å². The van der Waals surface area contributed by atoms with Crippen molar-refractivity contribution in [3.05, 3.63) is 35.1 Å². The molecule has 0 N–H and O–H groups in total. The number of rotatable bonds is 3. The Morgan fingerprint density at radius 2 is 2.21 bits per heavy atom. The average Bonchev–Trinajstić information content (AvgIpc) is 2.33. The van der Waals surface area contributed by atoms with E-state index < -0.39 is 5.41 Å². The molecule has 0 unspecified atom stereocenters. The van der Waals surface area contributed by atoms with Crippen LogP contribution in [0, 0.1) is 29.5 Å². The smallest absolute Gasteiger partial charge is 0.243 e. The molecule has 1 amide bonds. The second-order valence-corrected chi connectivity index (χ2v) is 5.29. The number of halogens is 1. The van der Waals surface area contributed by atoms with Gasteiger partial charge in [-0.15, -0.1) is 0 Å². The van der Waals surface area contributed by atoms with Crippen LogP contribution in [0.15, 0.2) is 18.2 Å². The zero-order valence-corrected chi connectivity index (χ0v) is 11.2. The lowest BCUT2D eigenvalue weighted by molar-refractivity contribution is -0.142. The SMILES string of the molecule is Cc1cc(CN(C)C(=O)C2(C#N)CCC2)ccc1F. The Bertz CT molecular complexity index is 544. The van der Waals surface area contributed by atoms with Gasteiger partial charge in [0.05, 0.1) is 6.07 Å². The van der Waals surface area contributed by atoms with E-state index in [2.05, 4.69) is 6.07 Å². The number of hydrogen-bond donors (Lipinski definition) is 0. The van der Waals surface area contributed by atoms with Crippen LogP contribution in [0.5, 0.6) is 0 Å². The number of hydrogen-bond acceptors (Lipinski definition) is 2. The highest BCUT2D eigenvalue weighted by molar-refractivity contribution is 5.86. The summed E-state index contributed by atoms with van der Waals surface area (Å²) < 4.78 is 13.2. The summed E-state index contributed by atoms with van der Waals surface area (Å²) in [4.78, 5) is 13.8. The van der Waals surface area contributed by atoms with E-state index in [9.17, 15) is 9.18 Å². The minimum absolute atomic E-state index is 0.122. The lowest BCUT2D eigenvalue weighted by Crippen LogP contribution is -2.45. The minimum atomic E-state index is -0.816. The predicted molar refractivity (Wildman–Crippen MR) is 69.5 cm³/mol. The number of nitriles is 1. The molecule has 19 heavy (non-hydrogen) atoms. The molecule has 1 saturated carbocycles. The van der Waals surface area contributed by atoms with E-state index in [1.807, 2.05) is 0 Å². The molecule has 1 aliphatic carbocycles. The highest BCUT2D eigenvalue weighted by Gasteiger charge is 2.46. The zero-order valence-electron chi connectivity index (χ0n) is 11.2. The van der Waals surface area contributed by atoms with Crippen LogP contribution in [-0.4, -0.2) is 17.9 Å². The van der Waals surface area contributed by atoms with Crippen LogP contribution >= 0.6 is 0 Å². The second-order valence-electron chi connectivity index (χ2n) is 5.29. The number of carbonyl (C=O) groups is 1. The fourth-order valence-electron chi connectivity index (χ4n) is 2.42.